The average molecular weight is 280 g/mol. The molecule has 0 spiro atoms. The second-order valence-corrected chi connectivity index (χ2v) is 4.72. The van der Waals surface area contributed by atoms with Crippen molar-refractivity contribution in [2.45, 2.75) is 13.0 Å². The molecule has 1 aromatic carbocycles. The number of hydrogen-bond donors (Lipinski definition) is 2. The summed E-state index contributed by atoms with van der Waals surface area (Å²) in [5, 5.41) is 11.9. The van der Waals surface area contributed by atoms with Gasteiger partial charge in [0.1, 0.15) is 5.82 Å². The van der Waals surface area contributed by atoms with Crippen LogP contribution in [0.25, 0.3) is 0 Å². The van der Waals surface area contributed by atoms with E-state index in [4.69, 9.17) is 5.11 Å². The average Bonchev–Trinajstić information content (AvgIpc) is 2.30. The van der Waals surface area contributed by atoms with Gasteiger partial charge in [0.25, 0.3) is 0 Å². The van der Waals surface area contributed by atoms with Gasteiger partial charge in [-0.15, -0.1) is 12.4 Å². The molecule has 0 aromatic heterocycles. The monoisotopic (exact) mass is 279 g/mol. The van der Waals surface area contributed by atoms with Gasteiger partial charge in [-0.05, 0) is 29.9 Å². The van der Waals surface area contributed by atoms with Gasteiger partial charge in [0.15, 0.2) is 0 Å². The summed E-state index contributed by atoms with van der Waals surface area (Å²) in [6, 6.07) is 6.54. The van der Waals surface area contributed by atoms with Crippen molar-refractivity contribution < 1.29 is 9.50 Å². The normalized spacial score (nSPS) is 10.0. The Labute approximate surface area is 112 Å². The van der Waals surface area contributed by atoms with Crippen LogP contribution in [0.5, 0.6) is 0 Å². The SMILES string of the molecule is Cl.OCCCSCCNCc1ccc(F)cc1. The van der Waals surface area contributed by atoms with E-state index in [1.165, 1.54) is 12.1 Å². The van der Waals surface area contributed by atoms with Crippen molar-refractivity contribution in [2.24, 2.45) is 0 Å². The van der Waals surface area contributed by atoms with Crippen LogP contribution in [-0.4, -0.2) is 29.8 Å². The first-order valence-electron chi connectivity index (χ1n) is 5.46. The maximum Gasteiger partial charge on any atom is 0.123 e. The molecule has 0 aliphatic carbocycles. The molecular weight excluding hydrogens is 261 g/mol. The van der Waals surface area contributed by atoms with E-state index >= 15 is 0 Å². The Hall–Kier alpha value is -0.290. The van der Waals surface area contributed by atoms with E-state index in [1.54, 1.807) is 12.1 Å². The van der Waals surface area contributed by atoms with E-state index < -0.39 is 0 Å². The molecule has 0 unspecified atom stereocenters. The lowest BCUT2D eigenvalue weighted by atomic mass is 10.2. The van der Waals surface area contributed by atoms with Gasteiger partial charge in [0, 0.05) is 25.4 Å². The highest BCUT2D eigenvalue weighted by atomic mass is 35.5. The molecule has 0 radical (unpaired) electrons. The molecule has 5 heteroatoms. The molecule has 0 saturated carbocycles. The molecule has 0 amide bonds. The molecule has 0 saturated heterocycles. The summed E-state index contributed by atoms with van der Waals surface area (Å²) in [5.74, 6) is 1.86. The third-order valence-corrected chi connectivity index (χ3v) is 3.18. The van der Waals surface area contributed by atoms with Crippen LogP contribution in [-0.2, 0) is 6.54 Å². The molecular formula is C12H19ClFNOS. The zero-order chi connectivity index (χ0) is 11.6. The number of halogens is 2. The number of benzene rings is 1. The summed E-state index contributed by atoms with van der Waals surface area (Å²) in [6.07, 6.45) is 0.864. The fourth-order valence-corrected chi connectivity index (χ4v) is 2.07. The number of aliphatic hydroxyl groups is 1. The lowest BCUT2D eigenvalue weighted by Gasteiger charge is -2.04. The van der Waals surface area contributed by atoms with Crippen LogP contribution < -0.4 is 5.32 Å². The number of nitrogens with one attached hydrogen (secondary N) is 1. The third-order valence-electron chi connectivity index (χ3n) is 2.11. The molecule has 0 bridgehead atoms. The molecule has 0 aliphatic heterocycles. The van der Waals surface area contributed by atoms with Crippen molar-refractivity contribution in [1.82, 2.24) is 5.32 Å². The summed E-state index contributed by atoms with van der Waals surface area (Å²) in [6.45, 7) is 1.99. The quantitative estimate of drug-likeness (QED) is 0.717. The minimum absolute atomic E-state index is 0. The Balaban J connectivity index is 0.00000256. The molecule has 17 heavy (non-hydrogen) atoms. The minimum Gasteiger partial charge on any atom is -0.396 e. The Morgan fingerprint density at radius 3 is 2.53 bits per heavy atom. The minimum atomic E-state index is -0.191. The molecule has 98 valence electrons. The van der Waals surface area contributed by atoms with Gasteiger partial charge in [-0.2, -0.15) is 11.8 Å². The first-order valence-corrected chi connectivity index (χ1v) is 6.62. The highest BCUT2D eigenvalue weighted by Crippen LogP contribution is 2.03. The predicted octanol–water partition coefficient (Wildman–Crippen LogP) is 2.45. The fourth-order valence-electron chi connectivity index (χ4n) is 1.25. The van der Waals surface area contributed by atoms with Crippen LogP contribution in [0.2, 0.25) is 0 Å². The Morgan fingerprint density at radius 2 is 1.88 bits per heavy atom. The second kappa shape index (κ2) is 10.8. The van der Waals surface area contributed by atoms with E-state index in [2.05, 4.69) is 5.32 Å². The summed E-state index contributed by atoms with van der Waals surface area (Å²) in [7, 11) is 0. The molecule has 1 rings (SSSR count). The van der Waals surface area contributed by atoms with Gasteiger partial charge in [0.05, 0.1) is 0 Å². The Kier molecular flexibility index (Phi) is 10.7. The first kappa shape index (κ1) is 16.7. The van der Waals surface area contributed by atoms with Crippen molar-refractivity contribution in [3.05, 3.63) is 35.6 Å². The first-order chi connectivity index (χ1) is 7.83. The maximum absolute atomic E-state index is 12.6. The Bertz CT molecular complexity index is 284. The van der Waals surface area contributed by atoms with Gasteiger partial charge in [0.2, 0.25) is 0 Å². The van der Waals surface area contributed by atoms with Gasteiger partial charge in [-0.25, -0.2) is 4.39 Å². The molecule has 2 N–H and O–H groups in total. The van der Waals surface area contributed by atoms with Crippen molar-refractivity contribution in [2.75, 3.05) is 24.7 Å². The van der Waals surface area contributed by atoms with E-state index in [-0.39, 0.29) is 24.8 Å². The predicted molar refractivity (Wildman–Crippen MR) is 74.4 cm³/mol. The van der Waals surface area contributed by atoms with Gasteiger partial charge in [-0.3, -0.25) is 0 Å². The van der Waals surface area contributed by atoms with Crippen LogP contribution in [0.4, 0.5) is 4.39 Å². The maximum atomic E-state index is 12.6. The summed E-state index contributed by atoms with van der Waals surface area (Å²) in [4.78, 5) is 0. The van der Waals surface area contributed by atoms with Crippen molar-refractivity contribution in [3.63, 3.8) is 0 Å². The van der Waals surface area contributed by atoms with Crippen molar-refractivity contribution in [3.8, 4) is 0 Å². The van der Waals surface area contributed by atoms with Crippen LogP contribution >= 0.6 is 24.2 Å². The number of hydrogen-bond acceptors (Lipinski definition) is 3. The lowest BCUT2D eigenvalue weighted by molar-refractivity contribution is 0.296. The summed E-state index contributed by atoms with van der Waals surface area (Å²) >= 11 is 1.83. The van der Waals surface area contributed by atoms with E-state index in [9.17, 15) is 4.39 Å². The van der Waals surface area contributed by atoms with Crippen LogP contribution in [0.15, 0.2) is 24.3 Å². The third kappa shape index (κ3) is 8.44. The number of aliphatic hydroxyl groups excluding tert-OH is 1. The molecule has 0 fully saturated rings. The van der Waals surface area contributed by atoms with Crippen molar-refractivity contribution in [1.29, 1.82) is 0 Å². The van der Waals surface area contributed by atoms with Crippen LogP contribution in [0, 0.1) is 5.82 Å². The van der Waals surface area contributed by atoms with Crippen LogP contribution in [0.1, 0.15) is 12.0 Å². The largest absolute Gasteiger partial charge is 0.396 e. The number of rotatable bonds is 8. The standard InChI is InChI=1S/C12H18FNOS.ClH/c13-12-4-2-11(3-5-12)10-14-6-9-16-8-1-7-15;/h2-5,14-15H,1,6-10H2;1H. The highest BCUT2D eigenvalue weighted by Gasteiger charge is 1.94. The van der Waals surface area contributed by atoms with Gasteiger partial charge >= 0.3 is 0 Å². The molecule has 0 atom stereocenters. The van der Waals surface area contributed by atoms with E-state index in [0.717, 1.165) is 36.6 Å². The van der Waals surface area contributed by atoms with Crippen molar-refractivity contribution >= 4 is 24.2 Å². The van der Waals surface area contributed by atoms with Gasteiger partial charge in [-0.1, -0.05) is 12.1 Å². The van der Waals surface area contributed by atoms with E-state index in [1.807, 2.05) is 11.8 Å². The smallest absolute Gasteiger partial charge is 0.123 e. The summed E-state index contributed by atoms with van der Waals surface area (Å²) < 4.78 is 12.6. The van der Waals surface area contributed by atoms with Gasteiger partial charge < -0.3 is 10.4 Å². The summed E-state index contributed by atoms with van der Waals surface area (Å²) in [5.41, 5.74) is 1.10. The zero-order valence-electron chi connectivity index (χ0n) is 9.69. The topological polar surface area (TPSA) is 32.3 Å². The Morgan fingerprint density at radius 1 is 1.18 bits per heavy atom. The molecule has 1 aromatic rings. The fraction of sp³-hybridized carbons (Fsp3) is 0.500. The molecule has 2 nitrogen and oxygen atoms in total. The molecule has 0 aliphatic rings. The molecule has 0 heterocycles. The lowest BCUT2D eigenvalue weighted by Crippen LogP contribution is -2.16. The van der Waals surface area contributed by atoms with E-state index in [0.29, 0.717) is 0 Å². The second-order valence-electron chi connectivity index (χ2n) is 3.49. The number of thioether (sulfide) groups is 1. The van der Waals surface area contributed by atoms with Crippen LogP contribution in [0.3, 0.4) is 0 Å². The zero-order valence-corrected chi connectivity index (χ0v) is 11.3. The highest BCUT2D eigenvalue weighted by molar-refractivity contribution is 7.99.